The quantitative estimate of drug-likeness (QED) is 0.373. The molecule has 0 fully saturated rings. The first-order chi connectivity index (χ1) is 14.6. The predicted molar refractivity (Wildman–Crippen MR) is 123 cm³/mol. The van der Waals surface area contributed by atoms with Crippen molar-refractivity contribution < 1.29 is 19.4 Å². The van der Waals surface area contributed by atoms with Gasteiger partial charge in [0, 0.05) is 5.56 Å². The smallest absolute Gasteiger partial charge is 0.262 e. The minimum Gasteiger partial charge on any atom is -0.503 e. The number of hydrogen-bond acceptors (Lipinski definition) is 5. The van der Waals surface area contributed by atoms with Crippen molar-refractivity contribution in [2.75, 3.05) is 6.61 Å². The Hall–Kier alpha value is -2.48. The molecular formula is C21H22Cl3N3O4. The number of hydrogen-bond donors (Lipinski definition) is 3. The Kier molecular flexibility index (Phi) is 8.98. The van der Waals surface area contributed by atoms with Crippen molar-refractivity contribution in [3.8, 4) is 11.5 Å². The number of phenols is 1. The Labute approximate surface area is 195 Å². The van der Waals surface area contributed by atoms with Crippen LogP contribution in [0.1, 0.15) is 36.7 Å². The summed E-state index contributed by atoms with van der Waals surface area (Å²) in [5, 5.41) is 17.1. The average Bonchev–Trinajstić information content (AvgIpc) is 2.71. The molecule has 31 heavy (non-hydrogen) atoms. The van der Waals surface area contributed by atoms with E-state index in [1.807, 2.05) is 0 Å². The van der Waals surface area contributed by atoms with Gasteiger partial charge < -0.3 is 15.2 Å². The minimum atomic E-state index is -0.846. The lowest BCUT2D eigenvalue weighted by Crippen LogP contribution is -2.48. The van der Waals surface area contributed by atoms with Crippen molar-refractivity contribution in [2.24, 2.45) is 11.0 Å². The normalized spacial score (nSPS) is 12.1. The number of halogens is 3. The maximum atomic E-state index is 12.6. The van der Waals surface area contributed by atoms with Gasteiger partial charge in [-0.3, -0.25) is 9.59 Å². The van der Waals surface area contributed by atoms with E-state index in [1.165, 1.54) is 36.5 Å². The molecular weight excluding hydrogens is 465 g/mol. The van der Waals surface area contributed by atoms with Crippen LogP contribution < -0.4 is 15.5 Å². The fourth-order valence-corrected chi connectivity index (χ4v) is 3.09. The van der Waals surface area contributed by atoms with E-state index in [0.29, 0.717) is 17.2 Å². The van der Waals surface area contributed by atoms with Gasteiger partial charge >= 0.3 is 0 Å². The van der Waals surface area contributed by atoms with Gasteiger partial charge in [0.15, 0.2) is 11.5 Å². The number of rotatable bonds is 8. The van der Waals surface area contributed by atoms with Crippen molar-refractivity contribution in [3.05, 3.63) is 56.5 Å². The van der Waals surface area contributed by atoms with E-state index >= 15 is 0 Å². The van der Waals surface area contributed by atoms with E-state index in [2.05, 4.69) is 15.8 Å². The number of nitrogens with one attached hydrogen (secondary N) is 2. The lowest BCUT2D eigenvalue weighted by atomic mass is 10.0. The fraction of sp³-hybridized carbons (Fsp3) is 0.286. The molecule has 2 aromatic rings. The number of benzene rings is 2. The minimum absolute atomic E-state index is 0.0904. The van der Waals surface area contributed by atoms with Crippen LogP contribution >= 0.6 is 34.8 Å². The highest BCUT2D eigenvalue weighted by Gasteiger charge is 2.24. The van der Waals surface area contributed by atoms with Gasteiger partial charge in [-0.25, -0.2) is 5.43 Å². The first kappa shape index (κ1) is 24.8. The van der Waals surface area contributed by atoms with E-state index in [4.69, 9.17) is 39.5 Å². The molecule has 0 bridgehead atoms. The number of carbonyl (C=O) groups excluding carboxylic acids is 2. The third-order valence-corrected chi connectivity index (χ3v) is 5.18. The summed E-state index contributed by atoms with van der Waals surface area (Å²) in [6.45, 7) is 5.69. The van der Waals surface area contributed by atoms with Gasteiger partial charge in [-0.2, -0.15) is 5.10 Å². The Balaban J connectivity index is 2.09. The largest absolute Gasteiger partial charge is 0.503 e. The first-order valence-corrected chi connectivity index (χ1v) is 10.5. The molecule has 10 heteroatoms. The van der Waals surface area contributed by atoms with E-state index in [0.717, 1.165) is 0 Å². The molecule has 7 nitrogen and oxygen atoms in total. The number of ether oxygens (including phenoxy) is 1. The van der Waals surface area contributed by atoms with Crippen LogP contribution in [0, 0.1) is 5.92 Å². The van der Waals surface area contributed by atoms with Crippen LogP contribution in [-0.4, -0.2) is 35.8 Å². The van der Waals surface area contributed by atoms with Crippen molar-refractivity contribution in [1.82, 2.24) is 10.7 Å². The number of hydrazone groups is 1. The average molecular weight is 487 g/mol. The van der Waals surface area contributed by atoms with Crippen molar-refractivity contribution >= 4 is 52.8 Å². The molecule has 2 rings (SSSR count). The molecule has 0 aliphatic heterocycles. The van der Waals surface area contributed by atoms with E-state index in [9.17, 15) is 14.7 Å². The van der Waals surface area contributed by atoms with Gasteiger partial charge in [0.1, 0.15) is 6.04 Å². The second-order valence-electron chi connectivity index (χ2n) is 6.84. The number of amides is 2. The second kappa shape index (κ2) is 11.2. The molecule has 166 valence electrons. The zero-order valence-corrected chi connectivity index (χ0v) is 19.3. The van der Waals surface area contributed by atoms with Crippen LogP contribution in [0.4, 0.5) is 0 Å². The lowest BCUT2D eigenvalue weighted by Gasteiger charge is -2.20. The summed E-state index contributed by atoms with van der Waals surface area (Å²) >= 11 is 17.8. The molecule has 2 amide bonds. The Morgan fingerprint density at radius 1 is 1.13 bits per heavy atom. The zero-order valence-electron chi connectivity index (χ0n) is 17.1. The fourth-order valence-electron chi connectivity index (χ4n) is 2.57. The number of phenolic OH excluding ortho intramolecular Hbond substituents is 1. The molecule has 0 saturated heterocycles. The van der Waals surface area contributed by atoms with Gasteiger partial charge in [0.25, 0.3) is 11.8 Å². The summed E-state index contributed by atoms with van der Waals surface area (Å²) in [6.07, 6.45) is 1.35. The van der Waals surface area contributed by atoms with Crippen LogP contribution in [0.2, 0.25) is 15.1 Å². The molecule has 3 N–H and O–H groups in total. The molecule has 0 heterocycles. The summed E-state index contributed by atoms with van der Waals surface area (Å²) in [4.78, 5) is 25.1. The summed E-state index contributed by atoms with van der Waals surface area (Å²) < 4.78 is 5.31. The molecule has 0 aromatic heterocycles. The van der Waals surface area contributed by atoms with Crippen LogP contribution in [0.15, 0.2) is 35.4 Å². The Morgan fingerprint density at radius 2 is 1.84 bits per heavy atom. The summed E-state index contributed by atoms with van der Waals surface area (Å²) in [5.41, 5.74) is 3.18. The molecule has 0 saturated carbocycles. The maximum absolute atomic E-state index is 12.6. The zero-order chi connectivity index (χ0) is 23.1. The second-order valence-corrected chi connectivity index (χ2v) is 8.06. The number of aromatic hydroxyl groups is 1. The standard InChI is InChI=1S/C21H22Cl3N3O4/c1-4-31-17-8-12(7-16(24)19(17)28)10-25-27-21(30)18(11(2)3)26-20(29)13-5-6-14(22)15(23)9-13/h5-11,18,28H,4H2,1-3H3,(H,26,29)(H,27,30). The van der Waals surface area contributed by atoms with Crippen molar-refractivity contribution in [1.29, 1.82) is 0 Å². The highest BCUT2D eigenvalue weighted by molar-refractivity contribution is 6.42. The Morgan fingerprint density at radius 3 is 2.45 bits per heavy atom. The summed E-state index contributed by atoms with van der Waals surface area (Å²) in [5.74, 6) is -1.15. The van der Waals surface area contributed by atoms with Crippen LogP contribution in [-0.2, 0) is 4.79 Å². The molecule has 2 aromatic carbocycles. The van der Waals surface area contributed by atoms with Crippen molar-refractivity contribution in [2.45, 2.75) is 26.8 Å². The van der Waals surface area contributed by atoms with E-state index < -0.39 is 17.9 Å². The van der Waals surface area contributed by atoms with E-state index in [-0.39, 0.29) is 33.0 Å². The van der Waals surface area contributed by atoms with Crippen LogP contribution in [0.5, 0.6) is 11.5 Å². The summed E-state index contributed by atoms with van der Waals surface area (Å²) in [7, 11) is 0. The molecule has 0 aliphatic carbocycles. The van der Waals surface area contributed by atoms with Gasteiger partial charge in [-0.05, 0) is 48.7 Å². The predicted octanol–water partition coefficient (Wildman–Crippen LogP) is 4.66. The summed E-state index contributed by atoms with van der Waals surface area (Å²) in [6, 6.07) is 6.61. The highest BCUT2D eigenvalue weighted by Crippen LogP contribution is 2.34. The van der Waals surface area contributed by atoms with Gasteiger partial charge in [-0.1, -0.05) is 48.7 Å². The van der Waals surface area contributed by atoms with Crippen molar-refractivity contribution in [3.63, 3.8) is 0 Å². The molecule has 0 aliphatic rings. The highest BCUT2D eigenvalue weighted by atomic mass is 35.5. The first-order valence-electron chi connectivity index (χ1n) is 9.38. The maximum Gasteiger partial charge on any atom is 0.262 e. The molecule has 0 radical (unpaired) electrons. The Bertz CT molecular complexity index is 996. The number of carbonyl (C=O) groups is 2. The van der Waals surface area contributed by atoms with Gasteiger partial charge in [0.2, 0.25) is 0 Å². The van der Waals surface area contributed by atoms with Gasteiger partial charge in [0.05, 0.1) is 27.9 Å². The third kappa shape index (κ3) is 6.75. The SMILES string of the molecule is CCOc1cc(C=NNC(=O)C(NC(=O)c2ccc(Cl)c(Cl)c2)C(C)C)cc(Cl)c1O. The molecule has 1 atom stereocenters. The number of nitrogens with zero attached hydrogens (tertiary/aromatic N) is 1. The van der Waals surface area contributed by atoms with Crippen LogP contribution in [0.3, 0.4) is 0 Å². The van der Waals surface area contributed by atoms with E-state index in [1.54, 1.807) is 20.8 Å². The van der Waals surface area contributed by atoms with Gasteiger partial charge in [-0.15, -0.1) is 0 Å². The topological polar surface area (TPSA) is 100 Å². The van der Waals surface area contributed by atoms with Crippen LogP contribution in [0.25, 0.3) is 0 Å². The monoisotopic (exact) mass is 485 g/mol. The molecule has 0 spiro atoms. The lowest BCUT2D eigenvalue weighted by molar-refractivity contribution is -0.123. The molecule has 1 unspecified atom stereocenters. The third-order valence-electron chi connectivity index (χ3n) is 4.16.